The Morgan fingerprint density at radius 3 is 2.83 bits per heavy atom. The lowest BCUT2D eigenvalue weighted by Crippen LogP contribution is -2.25. The van der Waals surface area contributed by atoms with Gasteiger partial charge in [0.1, 0.15) is 0 Å². The van der Waals surface area contributed by atoms with Gasteiger partial charge in [-0.15, -0.1) is 0 Å². The number of hydrogen-bond donors (Lipinski definition) is 2. The lowest BCUT2D eigenvalue weighted by Gasteiger charge is -2.06. The molecule has 6 heteroatoms. The number of para-hydroxylation sites is 1. The number of benzene rings is 1. The molecule has 0 saturated carbocycles. The third-order valence-corrected chi connectivity index (χ3v) is 3.49. The third-order valence-electron chi connectivity index (χ3n) is 3.49. The monoisotopic (exact) mass is 323 g/mol. The van der Waals surface area contributed by atoms with Crippen LogP contribution in [0.15, 0.2) is 59.3 Å². The molecule has 0 radical (unpaired) electrons. The summed E-state index contributed by atoms with van der Waals surface area (Å²) in [4.78, 5) is 27.9. The number of aromatic nitrogens is 1. The number of rotatable bonds is 6. The second-order valence-corrected chi connectivity index (χ2v) is 5.30. The largest absolute Gasteiger partial charge is 0.459 e. The second kappa shape index (κ2) is 7.41. The number of pyridine rings is 1. The minimum absolute atomic E-state index is 0.112. The van der Waals surface area contributed by atoms with Crippen LogP contribution in [0.3, 0.4) is 0 Å². The van der Waals surface area contributed by atoms with Crippen LogP contribution in [0, 0.1) is 0 Å². The average Bonchev–Trinajstić information content (AvgIpc) is 3.13. The lowest BCUT2D eigenvalue weighted by molar-refractivity contribution is -0.116. The van der Waals surface area contributed by atoms with Crippen LogP contribution in [0.1, 0.15) is 23.4 Å². The fourth-order valence-corrected chi connectivity index (χ4v) is 2.31. The Morgan fingerprint density at radius 2 is 2.00 bits per heavy atom. The molecular formula is C18H17N3O3. The summed E-state index contributed by atoms with van der Waals surface area (Å²) in [6.45, 7) is 0.406. The van der Waals surface area contributed by atoms with Gasteiger partial charge in [0, 0.05) is 18.4 Å². The molecule has 3 rings (SSSR count). The second-order valence-electron chi connectivity index (χ2n) is 5.30. The number of nitrogens with one attached hydrogen (secondary N) is 2. The molecule has 0 aliphatic heterocycles. The predicted molar refractivity (Wildman–Crippen MR) is 90.6 cm³/mol. The van der Waals surface area contributed by atoms with Gasteiger partial charge in [-0.05, 0) is 30.7 Å². The molecule has 24 heavy (non-hydrogen) atoms. The predicted octanol–water partition coefficient (Wildman–Crippen LogP) is 2.98. The molecule has 0 fully saturated rings. The van der Waals surface area contributed by atoms with Crippen LogP contribution in [0.4, 0.5) is 5.69 Å². The molecule has 0 spiro atoms. The topological polar surface area (TPSA) is 84.2 Å². The summed E-state index contributed by atoms with van der Waals surface area (Å²) in [5, 5.41) is 6.49. The minimum Gasteiger partial charge on any atom is -0.459 e. The number of fused-ring (bicyclic) bond motifs is 1. The summed E-state index contributed by atoms with van der Waals surface area (Å²) in [5.74, 6) is -0.125. The van der Waals surface area contributed by atoms with E-state index in [1.165, 1.54) is 6.26 Å². The van der Waals surface area contributed by atoms with E-state index >= 15 is 0 Å². The standard InChI is InChI=1S/C18H17N3O3/c22-17(8-3-9-19-18(23)16-7-4-10-24-16)21-14-11-13-5-1-2-6-15(13)20-12-14/h1-2,4-7,10-12H,3,8-9H2,(H,19,23)(H,21,22). The summed E-state index contributed by atoms with van der Waals surface area (Å²) in [6, 6.07) is 12.8. The van der Waals surface area contributed by atoms with Crippen molar-refractivity contribution in [2.24, 2.45) is 0 Å². The molecule has 0 unspecified atom stereocenters. The lowest BCUT2D eigenvalue weighted by atomic mass is 10.2. The van der Waals surface area contributed by atoms with Crippen molar-refractivity contribution in [1.82, 2.24) is 10.3 Å². The summed E-state index contributed by atoms with van der Waals surface area (Å²) in [6.07, 6.45) is 3.93. The van der Waals surface area contributed by atoms with Gasteiger partial charge in [-0.1, -0.05) is 18.2 Å². The molecule has 0 saturated heterocycles. The molecular weight excluding hydrogens is 306 g/mol. The van der Waals surface area contributed by atoms with Gasteiger partial charge in [0.2, 0.25) is 5.91 Å². The van der Waals surface area contributed by atoms with Crippen LogP contribution < -0.4 is 10.6 Å². The number of nitrogens with zero attached hydrogens (tertiary/aromatic N) is 1. The summed E-state index contributed by atoms with van der Waals surface area (Å²) < 4.78 is 4.99. The molecule has 2 amide bonds. The highest BCUT2D eigenvalue weighted by Crippen LogP contribution is 2.16. The van der Waals surface area contributed by atoms with Crippen LogP contribution in [-0.2, 0) is 4.79 Å². The SMILES string of the molecule is O=C(CCCNC(=O)c1ccco1)Nc1cnc2ccccc2c1. The highest BCUT2D eigenvalue weighted by Gasteiger charge is 2.08. The maximum Gasteiger partial charge on any atom is 0.286 e. The van der Waals surface area contributed by atoms with E-state index in [4.69, 9.17) is 4.42 Å². The number of anilines is 1. The normalized spacial score (nSPS) is 10.5. The average molecular weight is 323 g/mol. The van der Waals surface area contributed by atoms with Crippen LogP contribution in [0.5, 0.6) is 0 Å². The zero-order chi connectivity index (χ0) is 16.8. The molecule has 0 bridgehead atoms. The summed E-state index contributed by atoms with van der Waals surface area (Å²) in [5.41, 5.74) is 1.55. The van der Waals surface area contributed by atoms with Crippen molar-refractivity contribution >= 4 is 28.4 Å². The Balaban J connectivity index is 1.44. The van der Waals surface area contributed by atoms with E-state index in [0.717, 1.165) is 10.9 Å². The first-order chi connectivity index (χ1) is 11.7. The first-order valence-corrected chi connectivity index (χ1v) is 7.69. The zero-order valence-electron chi connectivity index (χ0n) is 13.0. The van der Waals surface area contributed by atoms with E-state index in [2.05, 4.69) is 15.6 Å². The van der Waals surface area contributed by atoms with Gasteiger partial charge in [-0.2, -0.15) is 0 Å². The van der Waals surface area contributed by atoms with E-state index in [1.807, 2.05) is 30.3 Å². The van der Waals surface area contributed by atoms with Crippen molar-refractivity contribution in [3.63, 3.8) is 0 Å². The van der Waals surface area contributed by atoms with E-state index in [-0.39, 0.29) is 17.6 Å². The molecule has 2 N–H and O–H groups in total. The van der Waals surface area contributed by atoms with Crippen LogP contribution >= 0.6 is 0 Å². The first kappa shape index (κ1) is 15.7. The van der Waals surface area contributed by atoms with E-state index in [1.54, 1.807) is 18.3 Å². The van der Waals surface area contributed by atoms with E-state index < -0.39 is 0 Å². The van der Waals surface area contributed by atoms with Crippen molar-refractivity contribution in [3.8, 4) is 0 Å². The quantitative estimate of drug-likeness (QED) is 0.683. The maximum absolute atomic E-state index is 12.0. The molecule has 0 atom stereocenters. The molecule has 0 aliphatic rings. The van der Waals surface area contributed by atoms with Gasteiger partial charge in [0.15, 0.2) is 5.76 Å². The maximum atomic E-state index is 12.0. The van der Waals surface area contributed by atoms with Gasteiger partial charge in [0.25, 0.3) is 5.91 Å². The van der Waals surface area contributed by atoms with Crippen LogP contribution in [-0.4, -0.2) is 23.3 Å². The van der Waals surface area contributed by atoms with Gasteiger partial charge < -0.3 is 15.1 Å². The van der Waals surface area contributed by atoms with Crippen molar-refractivity contribution in [2.75, 3.05) is 11.9 Å². The molecule has 2 heterocycles. The first-order valence-electron chi connectivity index (χ1n) is 7.69. The number of amides is 2. The Bertz CT molecular complexity index is 844. The minimum atomic E-state index is -0.279. The molecule has 2 aromatic heterocycles. The molecule has 3 aromatic rings. The van der Waals surface area contributed by atoms with Crippen molar-refractivity contribution < 1.29 is 14.0 Å². The van der Waals surface area contributed by atoms with Crippen molar-refractivity contribution in [1.29, 1.82) is 0 Å². The Labute approximate surface area is 138 Å². The van der Waals surface area contributed by atoms with Gasteiger partial charge in [-0.25, -0.2) is 0 Å². The molecule has 0 aliphatic carbocycles. The number of carbonyl (C=O) groups excluding carboxylic acids is 2. The highest BCUT2D eigenvalue weighted by molar-refractivity contribution is 5.93. The number of hydrogen-bond acceptors (Lipinski definition) is 4. The number of furan rings is 1. The highest BCUT2D eigenvalue weighted by atomic mass is 16.3. The van der Waals surface area contributed by atoms with Crippen molar-refractivity contribution in [2.45, 2.75) is 12.8 Å². The number of carbonyl (C=O) groups is 2. The third kappa shape index (κ3) is 3.98. The Morgan fingerprint density at radius 1 is 1.12 bits per heavy atom. The summed E-state index contributed by atoms with van der Waals surface area (Å²) in [7, 11) is 0. The van der Waals surface area contributed by atoms with Gasteiger partial charge >= 0.3 is 0 Å². The summed E-state index contributed by atoms with van der Waals surface area (Å²) >= 11 is 0. The zero-order valence-corrected chi connectivity index (χ0v) is 13.0. The Hall–Kier alpha value is -3.15. The van der Waals surface area contributed by atoms with Crippen LogP contribution in [0.2, 0.25) is 0 Å². The fourth-order valence-electron chi connectivity index (χ4n) is 2.31. The fraction of sp³-hybridized carbons (Fsp3) is 0.167. The smallest absolute Gasteiger partial charge is 0.286 e. The van der Waals surface area contributed by atoms with Gasteiger partial charge in [0.05, 0.1) is 23.7 Å². The van der Waals surface area contributed by atoms with Gasteiger partial charge in [-0.3, -0.25) is 14.6 Å². The van der Waals surface area contributed by atoms with E-state index in [9.17, 15) is 9.59 Å². The van der Waals surface area contributed by atoms with Crippen molar-refractivity contribution in [3.05, 3.63) is 60.7 Å². The Kier molecular flexibility index (Phi) is 4.86. The van der Waals surface area contributed by atoms with Crippen LogP contribution in [0.25, 0.3) is 10.9 Å². The molecule has 6 nitrogen and oxygen atoms in total. The van der Waals surface area contributed by atoms with E-state index in [0.29, 0.717) is 25.1 Å². The molecule has 122 valence electrons. The molecule has 1 aromatic carbocycles.